The summed E-state index contributed by atoms with van der Waals surface area (Å²) >= 11 is 0. The SMILES string of the molecule is Cc1[nH]c(=O)c(C(=O)N(Cc2ccc(S(C)(=O)=O)cc2)c2cccc(C(F)(F)F)c2)cc1C#Cc1cccnc1. The largest absolute Gasteiger partial charge is 0.416 e. The van der Waals surface area contributed by atoms with E-state index in [2.05, 4.69) is 21.8 Å². The number of hydrogen-bond acceptors (Lipinski definition) is 5. The number of nitrogens with zero attached hydrogens (tertiary/aromatic N) is 2. The maximum absolute atomic E-state index is 13.8. The maximum atomic E-state index is 13.8. The van der Waals surface area contributed by atoms with E-state index in [1.165, 1.54) is 36.4 Å². The van der Waals surface area contributed by atoms with Crippen molar-refractivity contribution in [3.63, 3.8) is 0 Å². The van der Waals surface area contributed by atoms with Crippen LogP contribution in [-0.4, -0.2) is 30.5 Å². The molecule has 204 valence electrons. The van der Waals surface area contributed by atoms with Gasteiger partial charge in [0.2, 0.25) is 0 Å². The average Bonchev–Trinajstić information content (AvgIpc) is 2.91. The van der Waals surface area contributed by atoms with Gasteiger partial charge in [0.25, 0.3) is 11.5 Å². The van der Waals surface area contributed by atoms with Crippen LogP contribution in [0.3, 0.4) is 0 Å². The molecular formula is C29H22F3N3O4S. The fraction of sp³-hybridized carbons (Fsp3) is 0.138. The molecule has 40 heavy (non-hydrogen) atoms. The van der Waals surface area contributed by atoms with E-state index < -0.39 is 33.0 Å². The van der Waals surface area contributed by atoms with Crippen molar-refractivity contribution in [2.45, 2.75) is 24.5 Å². The summed E-state index contributed by atoms with van der Waals surface area (Å²) in [6, 6.07) is 14.5. The van der Waals surface area contributed by atoms with Crippen LogP contribution in [-0.2, 0) is 22.6 Å². The third-order valence-electron chi connectivity index (χ3n) is 5.89. The van der Waals surface area contributed by atoms with Gasteiger partial charge in [-0.3, -0.25) is 14.6 Å². The minimum atomic E-state index is -4.67. The topological polar surface area (TPSA) is 100 Å². The number of pyridine rings is 2. The molecule has 0 bridgehead atoms. The minimum absolute atomic E-state index is 0.0417. The Morgan fingerprint density at radius 2 is 1.75 bits per heavy atom. The average molecular weight is 566 g/mol. The van der Waals surface area contributed by atoms with E-state index in [0.717, 1.165) is 29.4 Å². The van der Waals surface area contributed by atoms with Crippen molar-refractivity contribution in [2.24, 2.45) is 0 Å². The number of sulfone groups is 1. The number of benzene rings is 2. The number of carbonyl (C=O) groups excluding carboxylic acids is 1. The Labute approximate surface area is 228 Å². The van der Waals surface area contributed by atoms with E-state index in [4.69, 9.17) is 0 Å². The molecule has 4 rings (SSSR count). The van der Waals surface area contributed by atoms with E-state index in [1.54, 1.807) is 31.5 Å². The summed E-state index contributed by atoms with van der Waals surface area (Å²) in [5.74, 6) is 4.93. The Morgan fingerprint density at radius 1 is 1.02 bits per heavy atom. The van der Waals surface area contributed by atoms with Gasteiger partial charge in [-0.15, -0.1) is 0 Å². The van der Waals surface area contributed by atoms with Crippen molar-refractivity contribution in [1.29, 1.82) is 0 Å². The number of aromatic nitrogens is 2. The van der Waals surface area contributed by atoms with Gasteiger partial charge in [0.05, 0.1) is 17.0 Å². The summed E-state index contributed by atoms with van der Waals surface area (Å²) in [7, 11) is -3.49. The molecule has 2 heterocycles. The highest BCUT2D eigenvalue weighted by Gasteiger charge is 2.32. The molecule has 0 aliphatic rings. The summed E-state index contributed by atoms with van der Waals surface area (Å²) in [5.41, 5.74) is -0.369. The fourth-order valence-corrected chi connectivity index (χ4v) is 4.42. The zero-order chi connectivity index (χ0) is 29.1. The standard InChI is InChI=1S/C29H22F3N3O4S/c1-19-22(11-8-20-5-4-14-33-17-20)15-26(27(36)34-19)28(37)35(24-7-3-6-23(16-24)29(30,31)32)18-21-9-12-25(13-10-21)40(2,38)39/h3-7,9-10,12-17H,18H2,1-2H3,(H,34,36). The van der Waals surface area contributed by atoms with Crippen molar-refractivity contribution < 1.29 is 26.4 Å². The summed E-state index contributed by atoms with van der Waals surface area (Å²) in [4.78, 5) is 34.3. The third-order valence-corrected chi connectivity index (χ3v) is 7.02. The molecule has 0 radical (unpaired) electrons. The summed E-state index contributed by atoms with van der Waals surface area (Å²) < 4.78 is 64.1. The van der Waals surface area contributed by atoms with Gasteiger partial charge in [-0.2, -0.15) is 13.2 Å². The molecular weight excluding hydrogens is 543 g/mol. The smallest absolute Gasteiger partial charge is 0.325 e. The quantitative estimate of drug-likeness (QED) is 0.352. The number of hydrogen-bond donors (Lipinski definition) is 1. The van der Waals surface area contributed by atoms with Gasteiger partial charge in [0.1, 0.15) is 5.56 Å². The van der Waals surface area contributed by atoms with Crippen LogP contribution < -0.4 is 10.5 Å². The lowest BCUT2D eigenvalue weighted by molar-refractivity contribution is -0.137. The Balaban J connectivity index is 1.79. The molecule has 1 amide bonds. The van der Waals surface area contributed by atoms with Crippen LogP contribution >= 0.6 is 0 Å². The van der Waals surface area contributed by atoms with Gasteiger partial charge >= 0.3 is 6.18 Å². The first-order valence-corrected chi connectivity index (χ1v) is 13.7. The molecule has 1 N–H and O–H groups in total. The van der Waals surface area contributed by atoms with Crippen LogP contribution in [0.5, 0.6) is 0 Å². The molecule has 0 spiro atoms. The van der Waals surface area contributed by atoms with E-state index >= 15 is 0 Å². The summed E-state index contributed by atoms with van der Waals surface area (Å²) in [6.07, 6.45) is -0.494. The highest BCUT2D eigenvalue weighted by atomic mass is 32.2. The van der Waals surface area contributed by atoms with Crippen molar-refractivity contribution in [3.05, 3.63) is 123 Å². The van der Waals surface area contributed by atoms with Crippen molar-refractivity contribution in [3.8, 4) is 11.8 Å². The molecule has 4 aromatic rings. The van der Waals surface area contributed by atoms with Crippen LogP contribution in [0.1, 0.15) is 38.3 Å². The lowest BCUT2D eigenvalue weighted by Crippen LogP contribution is -2.35. The minimum Gasteiger partial charge on any atom is -0.325 e. The molecule has 0 saturated carbocycles. The van der Waals surface area contributed by atoms with Gasteiger partial charge in [-0.05, 0) is 61.0 Å². The van der Waals surface area contributed by atoms with Crippen molar-refractivity contribution in [2.75, 3.05) is 11.2 Å². The number of anilines is 1. The molecule has 2 aromatic carbocycles. The first kappa shape index (κ1) is 28.3. The predicted molar refractivity (Wildman–Crippen MR) is 144 cm³/mol. The highest BCUT2D eigenvalue weighted by Crippen LogP contribution is 2.32. The van der Waals surface area contributed by atoms with E-state index in [1.807, 2.05) is 0 Å². The molecule has 0 atom stereocenters. The molecule has 0 unspecified atom stereocenters. The second kappa shape index (κ2) is 11.2. The number of aryl methyl sites for hydroxylation is 1. The Kier molecular flexibility index (Phi) is 7.93. The number of rotatable bonds is 5. The first-order chi connectivity index (χ1) is 18.8. The summed E-state index contributed by atoms with van der Waals surface area (Å²) in [5, 5.41) is 0. The number of amides is 1. The zero-order valence-corrected chi connectivity index (χ0v) is 22.1. The Morgan fingerprint density at radius 3 is 2.38 bits per heavy atom. The van der Waals surface area contributed by atoms with Crippen LogP contribution in [0.25, 0.3) is 0 Å². The van der Waals surface area contributed by atoms with E-state index in [9.17, 15) is 31.2 Å². The van der Waals surface area contributed by atoms with Crippen LogP contribution in [0.15, 0.2) is 88.8 Å². The molecule has 0 saturated heterocycles. The maximum Gasteiger partial charge on any atom is 0.416 e. The lowest BCUT2D eigenvalue weighted by atomic mass is 10.1. The van der Waals surface area contributed by atoms with Gasteiger partial charge in [-0.25, -0.2) is 8.42 Å². The van der Waals surface area contributed by atoms with Gasteiger partial charge < -0.3 is 9.88 Å². The van der Waals surface area contributed by atoms with Gasteiger partial charge in [-0.1, -0.05) is 30.0 Å². The number of aromatic amines is 1. The van der Waals surface area contributed by atoms with E-state index in [-0.39, 0.29) is 22.7 Å². The zero-order valence-electron chi connectivity index (χ0n) is 21.3. The molecule has 11 heteroatoms. The summed E-state index contributed by atoms with van der Waals surface area (Å²) in [6.45, 7) is 1.37. The fourth-order valence-electron chi connectivity index (χ4n) is 3.79. The first-order valence-electron chi connectivity index (χ1n) is 11.8. The number of halogens is 3. The number of nitrogens with one attached hydrogen (secondary N) is 1. The monoisotopic (exact) mass is 565 g/mol. The van der Waals surface area contributed by atoms with E-state index in [0.29, 0.717) is 22.4 Å². The lowest BCUT2D eigenvalue weighted by Gasteiger charge is -2.24. The molecule has 2 aromatic heterocycles. The third kappa shape index (κ3) is 6.65. The Hall–Kier alpha value is -4.69. The second-order valence-corrected chi connectivity index (χ2v) is 10.9. The van der Waals surface area contributed by atoms with Crippen molar-refractivity contribution in [1.82, 2.24) is 9.97 Å². The van der Waals surface area contributed by atoms with Gasteiger partial charge in [0, 0.05) is 41.2 Å². The number of alkyl halides is 3. The van der Waals surface area contributed by atoms with Crippen LogP contribution in [0.2, 0.25) is 0 Å². The number of H-pyrrole nitrogens is 1. The van der Waals surface area contributed by atoms with Crippen LogP contribution in [0, 0.1) is 18.8 Å². The van der Waals surface area contributed by atoms with Gasteiger partial charge in [0.15, 0.2) is 9.84 Å². The molecule has 0 fully saturated rings. The normalized spacial score (nSPS) is 11.4. The van der Waals surface area contributed by atoms with Crippen LogP contribution in [0.4, 0.5) is 18.9 Å². The molecule has 0 aliphatic heterocycles. The highest BCUT2D eigenvalue weighted by molar-refractivity contribution is 7.90. The predicted octanol–water partition coefficient (Wildman–Crippen LogP) is 4.75. The molecule has 7 nitrogen and oxygen atoms in total. The molecule has 0 aliphatic carbocycles. The number of carbonyl (C=O) groups is 1. The second-order valence-electron chi connectivity index (χ2n) is 8.90. The Bertz CT molecular complexity index is 1790. The van der Waals surface area contributed by atoms with Crippen molar-refractivity contribution >= 4 is 21.4 Å².